The minimum Gasteiger partial charge on any atom is -0.508 e. The van der Waals surface area contributed by atoms with E-state index in [1.165, 1.54) is 12.1 Å². The van der Waals surface area contributed by atoms with Crippen molar-refractivity contribution in [2.75, 3.05) is 5.32 Å². The van der Waals surface area contributed by atoms with Gasteiger partial charge in [0.15, 0.2) is 0 Å². The van der Waals surface area contributed by atoms with E-state index in [-0.39, 0.29) is 24.0 Å². The molecule has 140 valence electrons. The van der Waals surface area contributed by atoms with Crippen LogP contribution in [0.5, 0.6) is 5.75 Å². The molecule has 2 N–H and O–H groups in total. The van der Waals surface area contributed by atoms with Crippen LogP contribution in [0.3, 0.4) is 0 Å². The van der Waals surface area contributed by atoms with Crippen molar-refractivity contribution in [1.82, 2.24) is 0 Å². The van der Waals surface area contributed by atoms with Crippen LogP contribution in [0.4, 0.5) is 5.69 Å². The fourth-order valence-corrected chi connectivity index (χ4v) is 3.27. The summed E-state index contributed by atoms with van der Waals surface area (Å²) in [4.78, 5) is 25.0. The van der Waals surface area contributed by atoms with Gasteiger partial charge in [-0.25, -0.2) is 4.79 Å². The van der Waals surface area contributed by atoms with Gasteiger partial charge in [0.2, 0.25) is 5.91 Å². The summed E-state index contributed by atoms with van der Waals surface area (Å²) >= 11 is 0. The van der Waals surface area contributed by atoms with E-state index in [1.807, 2.05) is 25.1 Å². The van der Waals surface area contributed by atoms with Crippen LogP contribution in [0.2, 0.25) is 0 Å². The molecular formula is C22H23NO4. The van der Waals surface area contributed by atoms with E-state index in [4.69, 9.17) is 4.42 Å². The average Bonchev–Trinajstić information content (AvgIpc) is 2.59. The lowest BCUT2D eigenvalue weighted by atomic mass is 9.97. The lowest BCUT2D eigenvalue weighted by molar-refractivity contribution is -0.115. The minimum absolute atomic E-state index is 0.0244. The van der Waals surface area contributed by atoms with Gasteiger partial charge in [-0.05, 0) is 48.6 Å². The number of carbonyl (C=O) groups excluding carboxylic acids is 1. The molecule has 27 heavy (non-hydrogen) atoms. The van der Waals surface area contributed by atoms with E-state index in [9.17, 15) is 14.7 Å². The predicted molar refractivity (Wildman–Crippen MR) is 106 cm³/mol. The van der Waals surface area contributed by atoms with Gasteiger partial charge in [-0.1, -0.05) is 32.0 Å². The van der Waals surface area contributed by atoms with Crippen LogP contribution in [0.15, 0.2) is 45.6 Å². The number of carbonyl (C=O) groups is 1. The van der Waals surface area contributed by atoms with Gasteiger partial charge in [0, 0.05) is 17.1 Å². The quantitative estimate of drug-likeness (QED) is 0.671. The van der Waals surface area contributed by atoms with E-state index >= 15 is 0 Å². The van der Waals surface area contributed by atoms with Gasteiger partial charge in [0.25, 0.3) is 0 Å². The highest BCUT2D eigenvalue weighted by molar-refractivity contribution is 5.95. The Kier molecular flexibility index (Phi) is 5.04. The monoisotopic (exact) mass is 365 g/mol. The summed E-state index contributed by atoms with van der Waals surface area (Å²) in [5, 5.41) is 13.2. The molecule has 0 aliphatic carbocycles. The number of amides is 1. The number of para-hydroxylation sites is 1. The van der Waals surface area contributed by atoms with E-state index in [0.717, 1.165) is 16.8 Å². The molecule has 3 rings (SSSR count). The average molecular weight is 365 g/mol. The molecule has 0 aliphatic heterocycles. The zero-order chi connectivity index (χ0) is 19.7. The Morgan fingerprint density at radius 2 is 1.93 bits per heavy atom. The highest BCUT2D eigenvalue weighted by Crippen LogP contribution is 2.28. The number of phenols is 1. The van der Waals surface area contributed by atoms with Crippen LogP contribution in [-0.2, 0) is 11.2 Å². The Bertz CT molecular complexity index is 1080. The Labute approximate surface area is 157 Å². The van der Waals surface area contributed by atoms with Crippen LogP contribution < -0.4 is 10.9 Å². The van der Waals surface area contributed by atoms with E-state index in [2.05, 4.69) is 19.2 Å². The van der Waals surface area contributed by atoms with Gasteiger partial charge in [-0.2, -0.15) is 0 Å². The summed E-state index contributed by atoms with van der Waals surface area (Å²) in [5.41, 5.74) is 3.59. The van der Waals surface area contributed by atoms with Crippen LogP contribution in [-0.4, -0.2) is 11.0 Å². The predicted octanol–water partition coefficient (Wildman–Crippen LogP) is 4.42. The lowest BCUT2D eigenvalue weighted by Gasteiger charge is -2.16. The highest BCUT2D eigenvalue weighted by atomic mass is 16.4. The number of phenolic OH excluding ortho intramolecular Hbond substituents is 1. The summed E-state index contributed by atoms with van der Waals surface area (Å²) in [6, 6.07) is 10.5. The van der Waals surface area contributed by atoms with Crippen molar-refractivity contribution in [3.63, 3.8) is 0 Å². The van der Waals surface area contributed by atoms with Crippen LogP contribution in [0.1, 0.15) is 42.0 Å². The van der Waals surface area contributed by atoms with Crippen LogP contribution in [0.25, 0.3) is 11.0 Å². The molecule has 0 bridgehead atoms. The standard InChI is InChI=1S/C22H23NO4/c1-12(2)16-7-5-6-13(3)21(16)23-20(25)11-18-14(4)17-9-8-15(24)10-19(17)27-22(18)26/h5-10,12,24H,11H2,1-4H3,(H,23,25). The first kappa shape index (κ1) is 18.7. The molecule has 0 aliphatic rings. The SMILES string of the molecule is Cc1cccc(C(C)C)c1NC(=O)Cc1c(C)c2ccc(O)cc2oc1=O. The van der Waals surface area contributed by atoms with Crippen molar-refractivity contribution in [3.05, 3.63) is 69.1 Å². The maximum atomic E-state index is 12.7. The molecule has 0 saturated carbocycles. The summed E-state index contributed by atoms with van der Waals surface area (Å²) in [6.07, 6.45) is -0.0726. The summed E-state index contributed by atoms with van der Waals surface area (Å²) < 4.78 is 5.30. The molecule has 1 heterocycles. The third-order valence-electron chi connectivity index (χ3n) is 4.80. The molecule has 0 fully saturated rings. The Morgan fingerprint density at radius 1 is 1.19 bits per heavy atom. The largest absolute Gasteiger partial charge is 0.508 e. The number of benzene rings is 2. The maximum Gasteiger partial charge on any atom is 0.340 e. The molecule has 1 aromatic heterocycles. The second-order valence-electron chi connectivity index (χ2n) is 7.09. The molecule has 5 nitrogen and oxygen atoms in total. The number of anilines is 1. The van der Waals surface area contributed by atoms with Crippen molar-refractivity contribution in [2.24, 2.45) is 0 Å². The molecule has 5 heteroatoms. The normalized spacial score (nSPS) is 11.1. The first-order valence-corrected chi connectivity index (χ1v) is 8.92. The van der Waals surface area contributed by atoms with Gasteiger partial charge in [-0.15, -0.1) is 0 Å². The first-order chi connectivity index (χ1) is 12.8. The fourth-order valence-electron chi connectivity index (χ4n) is 3.27. The highest BCUT2D eigenvalue weighted by Gasteiger charge is 2.17. The van der Waals surface area contributed by atoms with Gasteiger partial charge >= 0.3 is 5.63 Å². The van der Waals surface area contributed by atoms with E-state index in [1.54, 1.807) is 13.0 Å². The van der Waals surface area contributed by atoms with E-state index < -0.39 is 5.63 Å². The Morgan fingerprint density at radius 3 is 2.63 bits per heavy atom. The van der Waals surface area contributed by atoms with Crippen molar-refractivity contribution in [1.29, 1.82) is 0 Å². The van der Waals surface area contributed by atoms with E-state index in [0.29, 0.717) is 22.1 Å². The molecule has 0 spiro atoms. The van der Waals surface area contributed by atoms with Crippen molar-refractivity contribution < 1.29 is 14.3 Å². The number of aromatic hydroxyl groups is 1. The number of aryl methyl sites for hydroxylation is 2. The Hall–Kier alpha value is -3.08. The zero-order valence-corrected chi connectivity index (χ0v) is 15.9. The molecule has 2 aromatic carbocycles. The third kappa shape index (κ3) is 3.72. The number of hydrogen-bond donors (Lipinski definition) is 2. The summed E-state index contributed by atoms with van der Waals surface area (Å²) in [5.74, 6) is 0.0244. The lowest BCUT2D eigenvalue weighted by Crippen LogP contribution is -2.21. The van der Waals surface area contributed by atoms with Crippen molar-refractivity contribution >= 4 is 22.6 Å². The topological polar surface area (TPSA) is 79.5 Å². The van der Waals surface area contributed by atoms with Crippen molar-refractivity contribution in [2.45, 2.75) is 40.0 Å². The van der Waals surface area contributed by atoms with Gasteiger partial charge < -0.3 is 14.8 Å². The second-order valence-corrected chi connectivity index (χ2v) is 7.09. The Balaban J connectivity index is 1.94. The van der Waals surface area contributed by atoms with Crippen LogP contribution >= 0.6 is 0 Å². The third-order valence-corrected chi connectivity index (χ3v) is 4.80. The molecular weight excluding hydrogens is 342 g/mol. The summed E-state index contributed by atoms with van der Waals surface area (Å²) in [7, 11) is 0. The molecule has 1 amide bonds. The molecule has 0 atom stereocenters. The minimum atomic E-state index is -0.561. The first-order valence-electron chi connectivity index (χ1n) is 8.92. The number of rotatable bonds is 4. The maximum absolute atomic E-state index is 12.7. The van der Waals surface area contributed by atoms with Gasteiger partial charge in [0.1, 0.15) is 11.3 Å². The fraction of sp³-hybridized carbons (Fsp3) is 0.273. The second kappa shape index (κ2) is 7.27. The number of fused-ring (bicyclic) bond motifs is 1. The van der Waals surface area contributed by atoms with Crippen molar-refractivity contribution in [3.8, 4) is 5.75 Å². The molecule has 0 saturated heterocycles. The molecule has 3 aromatic rings. The van der Waals surface area contributed by atoms with Gasteiger partial charge in [0.05, 0.1) is 12.0 Å². The summed E-state index contributed by atoms with van der Waals surface area (Å²) in [6.45, 7) is 7.87. The zero-order valence-electron chi connectivity index (χ0n) is 15.9. The number of hydrogen-bond acceptors (Lipinski definition) is 4. The van der Waals surface area contributed by atoms with Crippen LogP contribution in [0, 0.1) is 13.8 Å². The number of nitrogens with one attached hydrogen (secondary N) is 1. The smallest absolute Gasteiger partial charge is 0.340 e. The molecule has 0 radical (unpaired) electrons. The molecule has 0 unspecified atom stereocenters. The van der Waals surface area contributed by atoms with Gasteiger partial charge in [-0.3, -0.25) is 4.79 Å².